The molecule has 0 amide bonds. The lowest BCUT2D eigenvalue weighted by Crippen LogP contribution is -2.22. The fourth-order valence-electron chi connectivity index (χ4n) is 1.37. The lowest BCUT2D eigenvalue weighted by molar-refractivity contribution is 0.0600. The van der Waals surface area contributed by atoms with Crippen molar-refractivity contribution < 1.29 is 14.3 Å². The van der Waals surface area contributed by atoms with Crippen molar-refractivity contribution in [1.29, 1.82) is 0 Å². The van der Waals surface area contributed by atoms with Crippen molar-refractivity contribution in [2.24, 2.45) is 0 Å². The van der Waals surface area contributed by atoms with Crippen LogP contribution in [0.15, 0.2) is 0 Å². The van der Waals surface area contributed by atoms with Crippen LogP contribution in [0.4, 0.5) is 5.82 Å². The first-order valence-electron chi connectivity index (χ1n) is 5.06. The van der Waals surface area contributed by atoms with Gasteiger partial charge in [-0.1, -0.05) is 6.92 Å². The Labute approximate surface area is 94.3 Å². The first-order chi connectivity index (χ1) is 7.63. The molecule has 0 bridgehead atoms. The zero-order chi connectivity index (χ0) is 12.1. The number of methoxy groups -OCH3 is 2. The Morgan fingerprint density at radius 1 is 1.56 bits per heavy atom. The Morgan fingerprint density at radius 3 is 2.75 bits per heavy atom. The molecule has 0 spiro atoms. The number of H-pyrrole nitrogens is 1. The maximum Gasteiger partial charge on any atom is 0.343 e. The van der Waals surface area contributed by atoms with Crippen molar-refractivity contribution >= 4 is 11.8 Å². The van der Waals surface area contributed by atoms with Crippen LogP contribution in [0, 0.1) is 6.92 Å². The molecule has 0 saturated heterocycles. The molecule has 6 nitrogen and oxygen atoms in total. The molecular formula is C10H17N3O3. The zero-order valence-electron chi connectivity index (χ0n) is 9.96. The molecule has 1 aromatic rings. The molecule has 1 heterocycles. The number of carbonyl (C=O) groups excluding carboxylic acids is 1. The van der Waals surface area contributed by atoms with Crippen molar-refractivity contribution in [3.8, 4) is 0 Å². The predicted octanol–water partition coefficient (Wildman–Crippen LogP) is 1.30. The summed E-state index contributed by atoms with van der Waals surface area (Å²) in [6.07, 6.45) is 0.592. The molecule has 0 saturated carbocycles. The lowest BCUT2D eigenvalue weighted by atomic mass is 10.2. The number of nitrogens with one attached hydrogen (secondary N) is 2. The molecule has 0 aliphatic heterocycles. The summed E-state index contributed by atoms with van der Waals surface area (Å²) in [5, 5.41) is 9.76. The van der Waals surface area contributed by atoms with Gasteiger partial charge in [0, 0.05) is 12.8 Å². The summed E-state index contributed by atoms with van der Waals surface area (Å²) in [5.74, 6) is 0.0396. The molecule has 90 valence electrons. The van der Waals surface area contributed by atoms with Crippen LogP contribution in [0.5, 0.6) is 0 Å². The summed E-state index contributed by atoms with van der Waals surface area (Å²) in [5.41, 5.74) is 1.08. The smallest absolute Gasteiger partial charge is 0.343 e. The van der Waals surface area contributed by atoms with Crippen molar-refractivity contribution in [1.82, 2.24) is 10.2 Å². The number of rotatable bonds is 5. The van der Waals surface area contributed by atoms with Crippen molar-refractivity contribution in [2.75, 3.05) is 19.5 Å². The van der Waals surface area contributed by atoms with Crippen molar-refractivity contribution in [2.45, 2.75) is 26.5 Å². The summed E-state index contributed by atoms with van der Waals surface area (Å²) in [6.45, 7) is 3.73. The fourth-order valence-corrected chi connectivity index (χ4v) is 1.37. The average molecular weight is 227 g/mol. The zero-order valence-corrected chi connectivity index (χ0v) is 9.96. The number of hydrogen-bond donors (Lipinski definition) is 2. The Bertz CT molecular complexity index is 358. The van der Waals surface area contributed by atoms with Crippen LogP contribution >= 0.6 is 0 Å². The van der Waals surface area contributed by atoms with Gasteiger partial charge in [0.05, 0.1) is 7.11 Å². The molecule has 2 N–H and O–H groups in total. The largest absolute Gasteiger partial charge is 0.465 e. The minimum absolute atomic E-state index is 0.175. The lowest BCUT2D eigenvalue weighted by Gasteiger charge is -2.15. The maximum atomic E-state index is 11.5. The Balaban J connectivity index is 2.92. The first-order valence-corrected chi connectivity index (χ1v) is 5.06. The molecule has 1 unspecified atom stereocenters. The third-order valence-corrected chi connectivity index (χ3v) is 2.29. The molecule has 0 radical (unpaired) electrons. The van der Waals surface area contributed by atoms with Gasteiger partial charge in [0.1, 0.15) is 11.8 Å². The molecule has 1 rings (SSSR count). The Hall–Kier alpha value is -1.56. The summed E-state index contributed by atoms with van der Waals surface area (Å²) in [4.78, 5) is 11.5. The quantitative estimate of drug-likeness (QED) is 0.585. The van der Waals surface area contributed by atoms with E-state index >= 15 is 0 Å². The van der Waals surface area contributed by atoms with Gasteiger partial charge in [-0.25, -0.2) is 4.79 Å². The molecule has 0 fully saturated rings. The number of esters is 1. The van der Waals surface area contributed by atoms with Crippen LogP contribution in [0.3, 0.4) is 0 Å². The number of carbonyl (C=O) groups is 1. The van der Waals surface area contributed by atoms with Gasteiger partial charge in [0.2, 0.25) is 0 Å². The van der Waals surface area contributed by atoms with E-state index in [1.54, 1.807) is 14.0 Å². The molecule has 0 aliphatic carbocycles. The molecule has 16 heavy (non-hydrogen) atoms. The SMILES string of the molecule is CCC(Nc1n[nH]c(C)c1C(=O)OC)OC. The number of aromatic nitrogens is 2. The highest BCUT2D eigenvalue weighted by Crippen LogP contribution is 2.18. The minimum Gasteiger partial charge on any atom is -0.465 e. The van der Waals surface area contributed by atoms with Gasteiger partial charge in [0.25, 0.3) is 0 Å². The highest BCUT2D eigenvalue weighted by atomic mass is 16.5. The minimum atomic E-state index is -0.417. The molecule has 1 aromatic heterocycles. The Kier molecular flexibility index (Phi) is 4.30. The van der Waals surface area contributed by atoms with Crippen LogP contribution in [0.2, 0.25) is 0 Å². The third kappa shape index (κ3) is 2.52. The second kappa shape index (κ2) is 5.50. The monoisotopic (exact) mass is 227 g/mol. The number of anilines is 1. The Morgan fingerprint density at radius 2 is 2.25 bits per heavy atom. The van der Waals surface area contributed by atoms with E-state index in [1.807, 2.05) is 6.92 Å². The third-order valence-electron chi connectivity index (χ3n) is 2.29. The number of hydrogen-bond acceptors (Lipinski definition) is 5. The van der Waals surface area contributed by atoms with E-state index in [-0.39, 0.29) is 6.23 Å². The van der Waals surface area contributed by atoms with E-state index in [1.165, 1.54) is 7.11 Å². The van der Waals surface area contributed by atoms with Gasteiger partial charge in [-0.3, -0.25) is 5.10 Å². The van der Waals surface area contributed by atoms with Crippen LogP contribution in [-0.2, 0) is 9.47 Å². The fraction of sp³-hybridized carbons (Fsp3) is 0.600. The molecule has 1 atom stereocenters. The van der Waals surface area contributed by atoms with Crippen molar-refractivity contribution in [3.63, 3.8) is 0 Å². The highest BCUT2D eigenvalue weighted by Gasteiger charge is 2.20. The standard InChI is InChI=1S/C10H17N3O3/c1-5-7(15-3)11-9-8(10(14)16-4)6(2)12-13-9/h7H,5H2,1-4H3,(H2,11,12,13). The van der Waals surface area contributed by atoms with Gasteiger partial charge in [-0.05, 0) is 13.3 Å². The summed E-state index contributed by atoms with van der Waals surface area (Å²) < 4.78 is 9.85. The van der Waals surface area contributed by atoms with Gasteiger partial charge >= 0.3 is 5.97 Å². The number of ether oxygens (including phenoxy) is 2. The second-order valence-electron chi connectivity index (χ2n) is 3.34. The van der Waals surface area contributed by atoms with E-state index in [4.69, 9.17) is 4.74 Å². The normalized spacial score (nSPS) is 12.2. The van der Waals surface area contributed by atoms with E-state index in [0.29, 0.717) is 17.1 Å². The number of nitrogens with zero attached hydrogens (tertiary/aromatic N) is 1. The second-order valence-corrected chi connectivity index (χ2v) is 3.34. The first kappa shape index (κ1) is 12.5. The molecule has 0 aromatic carbocycles. The molecule has 6 heteroatoms. The van der Waals surface area contributed by atoms with Gasteiger partial charge in [-0.2, -0.15) is 5.10 Å². The number of aryl methyl sites for hydroxylation is 1. The van der Waals surface area contributed by atoms with Crippen LogP contribution in [0.25, 0.3) is 0 Å². The van der Waals surface area contributed by atoms with Gasteiger partial charge in [0.15, 0.2) is 5.82 Å². The molecule has 0 aliphatic rings. The summed E-state index contributed by atoms with van der Waals surface area (Å²) >= 11 is 0. The summed E-state index contributed by atoms with van der Waals surface area (Å²) in [7, 11) is 2.94. The van der Waals surface area contributed by atoms with Gasteiger partial charge in [-0.15, -0.1) is 0 Å². The average Bonchev–Trinajstić information content (AvgIpc) is 2.66. The van der Waals surface area contributed by atoms with E-state index in [9.17, 15) is 4.79 Å². The number of aromatic amines is 1. The molecular weight excluding hydrogens is 210 g/mol. The maximum absolute atomic E-state index is 11.5. The van der Waals surface area contributed by atoms with E-state index in [2.05, 4.69) is 20.3 Å². The highest BCUT2D eigenvalue weighted by molar-refractivity contribution is 5.95. The van der Waals surface area contributed by atoms with E-state index in [0.717, 1.165) is 6.42 Å². The predicted molar refractivity (Wildman–Crippen MR) is 59.4 cm³/mol. The van der Waals surface area contributed by atoms with Crippen molar-refractivity contribution in [3.05, 3.63) is 11.3 Å². The topological polar surface area (TPSA) is 76.2 Å². The van der Waals surface area contributed by atoms with Crippen LogP contribution in [0.1, 0.15) is 29.4 Å². The summed E-state index contributed by atoms with van der Waals surface area (Å²) in [6, 6.07) is 0. The van der Waals surface area contributed by atoms with Crippen LogP contribution in [-0.4, -0.2) is 36.6 Å². The van der Waals surface area contributed by atoms with E-state index < -0.39 is 5.97 Å². The van der Waals surface area contributed by atoms with Crippen LogP contribution < -0.4 is 5.32 Å². The van der Waals surface area contributed by atoms with Gasteiger partial charge < -0.3 is 14.8 Å².